The second-order valence-corrected chi connectivity index (χ2v) is 6.89. The highest BCUT2D eigenvalue weighted by Crippen LogP contribution is 2.51. The third kappa shape index (κ3) is 1.93. The summed E-state index contributed by atoms with van der Waals surface area (Å²) < 4.78 is 11.6. The van der Waals surface area contributed by atoms with Crippen LogP contribution in [-0.2, 0) is 10.2 Å². The average molecular weight is 301 g/mol. The van der Waals surface area contributed by atoms with Crippen LogP contribution in [0.15, 0.2) is 12.1 Å². The van der Waals surface area contributed by atoms with Gasteiger partial charge >= 0.3 is 0 Å². The average Bonchev–Trinajstić information content (AvgIpc) is 2.99. The summed E-state index contributed by atoms with van der Waals surface area (Å²) >= 11 is 0. The summed E-state index contributed by atoms with van der Waals surface area (Å²) in [4.78, 5) is 14.1. The molecule has 1 spiro atoms. The molecule has 1 amide bonds. The van der Waals surface area contributed by atoms with Gasteiger partial charge in [0.2, 0.25) is 5.91 Å². The van der Waals surface area contributed by atoms with Gasteiger partial charge in [-0.3, -0.25) is 4.79 Å². The third-order valence-corrected chi connectivity index (χ3v) is 5.64. The largest absolute Gasteiger partial charge is 0.486 e. The Morgan fingerprint density at radius 3 is 2.45 bits per heavy atom. The van der Waals surface area contributed by atoms with Crippen molar-refractivity contribution >= 4 is 5.91 Å². The fraction of sp³-hybridized carbons (Fsp3) is 0.611. The molecular weight excluding hydrogens is 278 g/mol. The van der Waals surface area contributed by atoms with E-state index in [2.05, 4.69) is 19.1 Å². The molecule has 1 atom stereocenters. The highest BCUT2D eigenvalue weighted by molar-refractivity contribution is 5.75. The molecule has 2 heterocycles. The molecule has 2 aliphatic heterocycles. The third-order valence-electron chi connectivity index (χ3n) is 5.64. The zero-order valence-electron chi connectivity index (χ0n) is 13.4. The number of amides is 1. The van der Waals surface area contributed by atoms with Crippen LogP contribution in [0.1, 0.15) is 56.7 Å². The van der Waals surface area contributed by atoms with E-state index in [1.54, 1.807) is 6.92 Å². The molecule has 4 heteroatoms. The van der Waals surface area contributed by atoms with E-state index in [1.165, 1.54) is 24.0 Å². The maximum Gasteiger partial charge on any atom is 0.219 e. The lowest BCUT2D eigenvalue weighted by Gasteiger charge is -2.46. The van der Waals surface area contributed by atoms with Gasteiger partial charge in [-0.1, -0.05) is 12.8 Å². The van der Waals surface area contributed by atoms with Gasteiger partial charge in [0.25, 0.3) is 0 Å². The van der Waals surface area contributed by atoms with Crippen molar-refractivity contribution in [1.82, 2.24) is 4.90 Å². The summed E-state index contributed by atoms with van der Waals surface area (Å²) in [5, 5.41) is 0. The first-order chi connectivity index (χ1) is 10.6. The number of fused-ring (bicyclic) bond motifs is 3. The van der Waals surface area contributed by atoms with Crippen molar-refractivity contribution in [3.05, 3.63) is 23.3 Å². The van der Waals surface area contributed by atoms with Crippen LogP contribution in [0.3, 0.4) is 0 Å². The van der Waals surface area contributed by atoms with E-state index in [1.807, 2.05) is 4.90 Å². The van der Waals surface area contributed by atoms with Crippen LogP contribution in [-0.4, -0.2) is 30.6 Å². The summed E-state index contributed by atoms with van der Waals surface area (Å²) in [5.74, 6) is 1.87. The first kappa shape index (κ1) is 13.9. The van der Waals surface area contributed by atoms with Gasteiger partial charge in [-0.15, -0.1) is 0 Å². The summed E-state index contributed by atoms with van der Waals surface area (Å²) in [6.07, 6.45) is 4.81. The van der Waals surface area contributed by atoms with Gasteiger partial charge < -0.3 is 14.4 Å². The van der Waals surface area contributed by atoms with Crippen molar-refractivity contribution < 1.29 is 14.3 Å². The number of nitrogens with zero attached hydrogens (tertiary/aromatic N) is 1. The maximum absolute atomic E-state index is 12.1. The minimum absolute atomic E-state index is 0.106. The lowest BCUT2D eigenvalue weighted by Crippen LogP contribution is -2.48. The molecule has 1 unspecified atom stereocenters. The van der Waals surface area contributed by atoms with Crippen LogP contribution < -0.4 is 9.47 Å². The number of hydrogen-bond acceptors (Lipinski definition) is 3. The van der Waals surface area contributed by atoms with Gasteiger partial charge in [0, 0.05) is 18.9 Å². The van der Waals surface area contributed by atoms with Crippen molar-refractivity contribution in [3.63, 3.8) is 0 Å². The predicted molar refractivity (Wildman–Crippen MR) is 83.4 cm³/mol. The second-order valence-electron chi connectivity index (χ2n) is 6.89. The van der Waals surface area contributed by atoms with Crippen LogP contribution in [0, 0.1) is 0 Å². The molecule has 1 aliphatic carbocycles. The Morgan fingerprint density at radius 2 is 1.82 bits per heavy atom. The molecule has 0 N–H and O–H groups in total. The smallest absolute Gasteiger partial charge is 0.219 e. The van der Waals surface area contributed by atoms with E-state index >= 15 is 0 Å². The zero-order chi connectivity index (χ0) is 15.3. The van der Waals surface area contributed by atoms with Crippen molar-refractivity contribution in [1.29, 1.82) is 0 Å². The van der Waals surface area contributed by atoms with Crippen molar-refractivity contribution in [2.75, 3.05) is 19.8 Å². The maximum atomic E-state index is 12.1. The van der Waals surface area contributed by atoms with Crippen LogP contribution in [0.5, 0.6) is 11.5 Å². The van der Waals surface area contributed by atoms with Crippen LogP contribution in [0.25, 0.3) is 0 Å². The molecule has 0 radical (unpaired) electrons. The monoisotopic (exact) mass is 301 g/mol. The SMILES string of the molecule is CC(=O)N1CC2(CCCC2)c2cc3c(cc2C1C)OCCO3. The van der Waals surface area contributed by atoms with E-state index in [0.717, 1.165) is 30.9 Å². The van der Waals surface area contributed by atoms with E-state index in [0.29, 0.717) is 13.2 Å². The van der Waals surface area contributed by atoms with E-state index in [4.69, 9.17) is 9.47 Å². The summed E-state index contributed by atoms with van der Waals surface area (Å²) in [6.45, 7) is 5.87. The molecule has 1 aromatic rings. The molecule has 1 saturated carbocycles. The molecule has 1 fully saturated rings. The molecular formula is C18H23NO3. The number of hydrogen-bond donors (Lipinski definition) is 0. The molecule has 22 heavy (non-hydrogen) atoms. The molecule has 0 bridgehead atoms. The number of benzene rings is 1. The number of ether oxygens (including phenoxy) is 2. The Labute approximate surface area is 131 Å². The minimum atomic E-state index is 0.106. The van der Waals surface area contributed by atoms with Crippen molar-refractivity contribution in [2.24, 2.45) is 0 Å². The Hall–Kier alpha value is -1.71. The van der Waals surface area contributed by atoms with Gasteiger partial charge in [-0.2, -0.15) is 0 Å². The minimum Gasteiger partial charge on any atom is -0.486 e. The Balaban J connectivity index is 1.88. The molecule has 0 saturated heterocycles. The Bertz CT molecular complexity index is 619. The predicted octanol–water partition coefficient (Wildman–Crippen LogP) is 3.19. The van der Waals surface area contributed by atoms with Gasteiger partial charge in [0.1, 0.15) is 13.2 Å². The fourth-order valence-electron chi connectivity index (χ4n) is 4.49. The van der Waals surface area contributed by atoms with Crippen LogP contribution in [0.2, 0.25) is 0 Å². The number of carbonyl (C=O) groups is 1. The summed E-state index contributed by atoms with van der Waals surface area (Å²) in [5.41, 5.74) is 2.75. The highest BCUT2D eigenvalue weighted by atomic mass is 16.6. The topological polar surface area (TPSA) is 38.8 Å². The van der Waals surface area contributed by atoms with Crippen LogP contribution >= 0.6 is 0 Å². The van der Waals surface area contributed by atoms with E-state index in [-0.39, 0.29) is 17.4 Å². The van der Waals surface area contributed by atoms with Gasteiger partial charge in [-0.25, -0.2) is 0 Å². The lowest BCUT2D eigenvalue weighted by atomic mass is 9.71. The van der Waals surface area contributed by atoms with Gasteiger partial charge in [-0.05, 0) is 43.0 Å². The zero-order valence-corrected chi connectivity index (χ0v) is 13.4. The first-order valence-corrected chi connectivity index (χ1v) is 8.32. The Morgan fingerprint density at radius 1 is 1.18 bits per heavy atom. The van der Waals surface area contributed by atoms with E-state index < -0.39 is 0 Å². The normalized spacial score (nSPS) is 25.2. The molecule has 3 aliphatic rings. The van der Waals surface area contributed by atoms with Crippen molar-refractivity contribution in [3.8, 4) is 11.5 Å². The highest BCUT2D eigenvalue weighted by Gasteiger charge is 2.45. The van der Waals surface area contributed by atoms with Crippen LogP contribution in [0.4, 0.5) is 0 Å². The molecule has 0 aromatic heterocycles. The summed E-state index contributed by atoms with van der Waals surface area (Å²) in [6, 6.07) is 4.42. The lowest BCUT2D eigenvalue weighted by molar-refractivity contribution is -0.132. The molecule has 118 valence electrons. The van der Waals surface area contributed by atoms with Crippen molar-refractivity contribution in [2.45, 2.75) is 51.0 Å². The second kappa shape index (κ2) is 4.90. The van der Waals surface area contributed by atoms with E-state index in [9.17, 15) is 4.79 Å². The van der Waals surface area contributed by atoms with Gasteiger partial charge in [0.05, 0.1) is 6.04 Å². The number of carbonyl (C=O) groups excluding carboxylic acids is 1. The molecule has 4 nitrogen and oxygen atoms in total. The summed E-state index contributed by atoms with van der Waals surface area (Å²) in [7, 11) is 0. The fourth-order valence-corrected chi connectivity index (χ4v) is 4.49. The molecule has 4 rings (SSSR count). The molecule has 1 aromatic carbocycles. The van der Waals surface area contributed by atoms with Gasteiger partial charge in [0.15, 0.2) is 11.5 Å². The quantitative estimate of drug-likeness (QED) is 0.738. The standard InChI is InChI=1S/C18H23NO3/c1-12-14-9-16-17(22-8-7-21-16)10-15(14)18(5-3-4-6-18)11-19(12)13(2)20/h9-10,12H,3-8,11H2,1-2H3. The Kier molecular flexibility index (Phi) is 3.10. The number of rotatable bonds is 0. The first-order valence-electron chi connectivity index (χ1n) is 8.32.